The fourth-order valence-electron chi connectivity index (χ4n) is 3.90. The van der Waals surface area contributed by atoms with Gasteiger partial charge >= 0.3 is 0 Å². The van der Waals surface area contributed by atoms with Crippen LogP contribution in [0.15, 0.2) is 70.3 Å². The number of rotatable bonds is 7. The van der Waals surface area contributed by atoms with Crippen LogP contribution in [-0.2, 0) is 16.1 Å². The minimum atomic E-state index is -0.680. The Labute approximate surface area is 208 Å². The van der Waals surface area contributed by atoms with Crippen LogP contribution >= 0.6 is 23.2 Å². The third-order valence-electron chi connectivity index (χ3n) is 5.95. The highest BCUT2D eigenvalue weighted by Gasteiger charge is 2.36. The largest absolute Gasteiger partial charge is 0.467 e. The zero-order valence-electron chi connectivity index (χ0n) is 18.9. The van der Waals surface area contributed by atoms with Crippen LogP contribution in [0.1, 0.15) is 37.2 Å². The number of hydrogen-bond acceptors (Lipinski definition) is 4. The van der Waals surface area contributed by atoms with Crippen molar-refractivity contribution < 1.29 is 14.0 Å². The molecule has 8 heteroatoms. The Hall–Kier alpha value is -3.09. The number of nitrogens with one attached hydrogen (secondary N) is 1. The number of benzene rings is 2. The number of carbonyl (C=O) groups is 2. The van der Waals surface area contributed by atoms with Crippen LogP contribution in [0.4, 0.5) is 5.69 Å². The molecule has 2 heterocycles. The summed E-state index contributed by atoms with van der Waals surface area (Å²) in [5, 5.41) is 3.83. The van der Waals surface area contributed by atoms with Crippen molar-refractivity contribution in [3.05, 3.63) is 87.8 Å². The molecule has 0 spiro atoms. The molecular formula is C26H25Cl2N3O3. The number of nitrogens with zero attached hydrogens (tertiary/aromatic N) is 2. The topological polar surface area (TPSA) is 74.9 Å². The van der Waals surface area contributed by atoms with Crippen molar-refractivity contribution in [2.45, 2.75) is 32.9 Å². The molecule has 0 radical (unpaired) electrons. The van der Waals surface area contributed by atoms with Crippen LogP contribution in [0.3, 0.4) is 0 Å². The van der Waals surface area contributed by atoms with Crippen LogP contribution in [0, 0.1) is 5.92 Å². The molecule has 2 atom stereocenters. The van der Waals surface area contributed by atoms with E-state index >= 15 is 0 Å². The highest BCUT2D eigenvalue weighted by Crippen LogP contribution is 2.34. The Morgan fingerprint density at radius 3 is 2.65 bits per heavy atom. The van der Waals surface area contributed by atoms with E-state index in [-0.39, 0.29) is 30.8 Å². The summed E-state index contributed by atoms with van der Waals surface area (Å²) in [7, 11) is 0. The molecule has 6 nitrogen and oxygen atoms in total. The predicted molar refractivity (Wildman–Crippen MR) is 135 cm³/mol. The van der Waals surface area contributed by atoms with Crippen molar-refractivity contribution in [2.24, 2.45) is 10.9 Å². The van der Waals surface area contributed by atoms with Crippen LogP contribution in [-0.4, -0.2) is 30.1 Å². The van der Waals surface area contributed by atoms with Crippen LogP contribution in [0.5, 0.6) is 0 Å². The van der Waals surface area contributed by atoms with Crippen molar-refractivity contribution in [3.8, 4) is 0 Å². The first-order valence-corrected chi connectivity index (χ1v) is 11.9. The molecule has 1 aliphatic heterocycles. The Bertz CT molecular complexity index is 1220. The Kier molecular flexibility index (Phi) is 7.39. The van der Waals surface area contributed by atoms with Crippen LogP contribution in [0.2, 0.25) is 10.0 Å². The molecule has 0 aliphatic carbocycles. The molecule has 4 rings (SSSR count). The first-order valence-electron chi connectivity index (χ1n) is 11.1. The van der Waals surface area contributed by atoms with Gasteiger partial charge in [-0.2, -0.15) is 0 Å². The molecule has 0 saturated heterocycles. The normalized spacial score (nSPS) is 16.5. The number of fused-ring (bicyclic) bond motifs is 1. The number of carbonyl (C=O) groups excluding carboxylic acids is 2. The zero-order valence-corrected chi connectivity index (χ0v) is 20.4. The average molecular weight is 498 g/mol. The lowest BCUT2D eigenvalue weighted by Crippen LogP contribution is -2.46. The van der Waals surface area contributed by atoms with E-state index in [2.05, 4.69) is 5.32 Å². The van der Waals surface area contributed by atoms with Crippen LogP contribution in [0.25, 0.3) is 0 Å². The summed E-state index contributed by atoms with van der Waals surface area (Å²) >= 11 is 12.9. The molecule has 1 aromatic heterocycles. The van der Waals surface area contributed by atoms with Gasteiger partial charge in [0, 0.05) is 21.2 Å². The number of anilines is 1. The van der Waals surface area contributed by atoms with Crippen molar-refractivity contribution in [1.82, 2.24) is 5.32 Å². The molecule has 0 fully saturated rings. The van der Waals surface area contributed by atoms with E-state index in [0.29, 0.717) is 38.3 Å². The minimum absolute atomic E-state index is 0.0524. The fourth-order valence-corrected chi connectivity index (χ4v) is 4.30. The third-order valence-corrected chi connectivity index (χ3v) is 6.51. The monoisotopic (exact) mass is 497 g/mol. The van der Waals surface area contributed by atoms with Crippen LogP contribution < -0.4 is 10.2 Å². The van der Waals surface area contributed by atoms with Gasteiger partial charge < -0.3 is 14.6 Å². The van der Waals surface area contributed by atoms with Crippen molar-refractivity contribution >= 4 is 46.4 Å². The average Bonchev–Trinajstić information content (AvgIpc) is 3.32. The standard InChI is InChI=1S/C26H25Cl2N3O3/c1-3-16(2)24-26(33)31(15-23(32)29-14-18-7-6-12-34-18)22-11-10-17(27)13-20(22)25(30-24)19-8-4-5-9-21(19)28/h4-13,16,24H,3,14-15H2,1-2H3,(H,29,32)/t16-,24+/m0/s1. The molecule has 1 aliphatic rings. The van der Waals surface area contributed by atoms with E-state index in [0.717, 1.165) is 6.42 Å². The summed E-state index contributed by atoms with van der Waals surface area (Å²) in [5.74, 6) is 0.0240. The maximum absolute atomic E-state index is 13.8. The van der Waals surface area contributed by atoms with Gasteiger partial charge in [0.05, 0.1) is 24.2 Å². The van der Waals surface area contributed by atoms with Crippen molar-refractivity contribution in [3.63, 3.8) is 0 Å². The smallest absolute Gasteiger partial charge is 0.252 e. The van der Waals surface area contributed by atoms with E-state index in [1.165, 1.54) is 4.90 Å². The maximum Gasteiger partial charge on any atom is 0.252 e. The predicted octanol–water partition coefficient (Wildman–Crippen LogP) is 5.50. The second kappa shape index (κ2) is 10.5. The van der Waals surface area contributed by atoms with E-state index < -0.39 is 6.04 Å². The number of amides is 2. The van der Waals surface area contributed by atoms with Gasteiger partial charge in [-0.15, -0.1) is 0 Å². The Morgan fingerprint density at radius 1 is 1.15 bits per heavy atom. The first-order chi connectivity index (χ1) is 16.4. The van der Waals surface area contributed by atoms with Gasteiger partial charge in [-0.25, -0.2) is 0 Å². The van der Waals surface area contributed by atoms with Gasteiger partial charge in [-0.1, -0.05) is 61.7 Å². The first kappa shape index (κ1) is 24.0. The number of aliphatic imine (C=N–C) groups is 1. The van der Waals surface area contributed by atoms with Gasteiger partial charge in [0.25, 0.3) is 5.91 Å². The Balaban J connectivity index is 1.77. The van der Waals surface area contributed by atoms with Gasteiger partial charge in [0.2, 0.25) is 5.91 Å². The van der Waals surface area contributed by atoms with Gasteiger partial charge in [-0.05, 0) is 42.3 Å². The second-order valence-corrected chi connectivity index (χ2v) is 9.07. The summed E-state index contributed by atoms with van der Waals surface area (Å²) in [6.45, 7) is 4.07. The third kappa shape index (κ3) is 5.03. The van der Waals surface area contributed by atoms with Crippen molar-refractivity contribution in [2.75, 3.05) is 11.4 Å². The highest BCUT2D eigenvalue weighted by atomic mass is 35.5. The molecule has 2 aromatic carbocycles. The molecule has 176 valence electrons. The number of benzodiazepines with no additional fused rings is 1. The fraction of sp³-hybridized carbons (Fsp3) is 0.269. The SMILES string of the molecule is CC[C@H](C)[C@H]1N=C(c2ccccc2Cl)c2cc(Cl)ccc2N(CC(=O)NCc2ccco2)C1=O. The van der Waals surface area contributed by atoms with Gasteiger partial charge in [0.15, 0.2) is 0 Å². The molecule has 3 aromatic rings. The summed E-state index contributed by atoms with van der Waals surface area (Å²) in [6, 6.07) is 15.4. The number of hydrogen-bond donors (Lipinski definition) is 1. The lowest BCUT2D eigenvalue weighted by atomic mass is 9.97. The highest BCUT2D eigenvalue weighted by molar-refractivity contribution is 6.37. The van der Waals surface area contributed by atoms with Crippen molar-refractivity contribution in [1.29, 1.82) is 0 Å². The Morgan fingerprint density at radius 2 is 1.94 bits per heavy atom. The molecule has 0 bridgehead atoms. The summed E-state index contributed by atoms with van der Waals surface area (Å²) in [4.78, 5) is 33.1. The lowest BCUT2D eigenvalue weighted by Gasteiger charge is -2.26. The van der Waals surface area contributed by atoms with E-state index in [1.807, 2.05) is 32.0 Å². The van der Waals surface area contributed by atoms with Gasteiger partial charge in [0.1, 0.15) is 18.3 Å². The summed E-state index contributed by atoms with van der Waals surface area (Å²) < 4.78 is 5.28. The molecule has 34 heavy (non-hydrogen) atoms. The maximum atomic E-state index is 13.8. The summed E-state index contributed by atoms with van der Waals surface area (Å²) in [6.07, 6.45) is 2.29. The number of furan rings is 1. The quantitative estimate of drug-likeness (QED) is 0.468. The summed E-state index contributed by atoms with van der Waals surface area (Å²) in [5.41, 5.74) is 2.50. The van der Waals surface area contributed by atoms with E-state index in [9.17, 15) is 9.59 Å². The lowest BCUT2D eigenvalue weighted by molar-refractivity contribution is -0.125. The van der Waals surface area contributed by atoms with Gasteiger partial charge in [-0.3, -0.25) is 14.6 Å². The van der Waals surface area contributed by atoms with E-state index in [1.54, 1.807) is 42.7 Å². The minimum Gasteiger partial charge on any atom is -0.467 e. The molecule has 0 unspecified atom stereocenters. The number of halogens is 2. The molecule has 1 N–H and O–H groups in total. The molecule has 0 saturated carbocycles. The second-order valence-electron chi connectivity index (χ2n) is 8.23. The zero-order chi connectivity index (χ0) is 24.2. The molecule has 2 amide bonds. The van der Waals surface area contributed by atoms with E-state index in [4.69, 9.17) is 32.6 Å². The molecular weight excluding hydrogens is 473 g/mol.